The van der Waals surface area contributed by atoms with Crippen molar-refractivity contribution in [1.29, 1.82) is 0 Å². The molecule has 0 spiro atoms. The average molecular weight is 412 g/mol. The van der Waals surface area contributed by atoms with Crippen LogP contribution in [-0.2, 0) is 14.4 Å². The van der Waals surface area contributed by atoms with E-state index in [-0.39, 0.29) is 12.5 Å². The van der Waals surface area contributed by atoms with Gasteiger partial charge in [-0.2, -0.15) is 5.10 Å². The SMILES string of the molecule is CCNC(=O)C(=O)N/N=C\c1ccc(OCC(=O)Nc2ccc(C)cc2)c(OC)c1. The molecule has 2 aromatic rings. The van der Waals surface area contributed by atoms with Crippen LogP contribution in [0.4, 0.5) is 5.69 Å². The first kappa shape index (κ1) is 22.4. The Morgan fingerprint density at radius 2 is 1.77 bits per heavy atom. The molecule has 0 heterocycles. The van der Waals surface area contributed by atoms with E-state index in [1.54, 1.807) is 25.1 Å². The number of anilines is 1. The van der Waals surface area contributed by atoms with Crippen molar-refractivity contribution in [3.63, 3.8) is 0 Å². The summed E-state index contributed by atoms with van der Waals surface area (Å²) < 4.78 is 10.8. The highest BCUT2D eigenvalue weighted by molar-refractivity contribution is 6.35. The highest BCUT2D eigenvalue weighted by atomic mass is 16.5. The smallest absolute Gasteiger partial charge is 0.329 e. The molecular weight excluding hydrogens is 388 g/mol. The maximum atomic E-state index is 12.1. The molecule has 0 aliphatic carbocycles. The van der Waals surface area contributed by atoms with Crippen LogP contribution in [-0.4, -0.2) is 44.2 Å². The number of nitrogens with one attached hydrogen (secondary N) is 3. The van der Waals surface area contributed by atoms with E-state index in [0.717, 1.165) is 5.56 Å². The number of likely N-dealkylation sites (N-methyl/N-ethyl adjacent to an activating group) is 1. The zero-order chi connectivity index (χ0) is 21.9. The Labute approximate surface area is 174 Å². The van der Waals surface area contributed by atoms with Gasteiger partial charge in [0.05, 0.1) is 13.3 Å². The van der Waals surface area contributed by atoms with Gasteiger partial charge in [-0.1, -0.05) is 17.7 Å². The molecule has 2 aromatic carbocycles. The van der Waals surface area contributed by atoms with Gasteiger partial charge in [0.25, 0.3) is 5.91 Å². The standard InChI is InChI=1S/C21H24N4O5/c1-4-22-20(27)21(28)25-23-12-15-7-10-17(18(11-15)29-3)30-13-19(26)24-16-8-5-14(2)6-9-16/h5-12H,4,13H2,1-3H3,(H,22,27)(H,24,26)(H,25,28)/b23-12-. The number of hydrazone groups is 1. The summed E-state index contributed by atoms with van der Waals surface area (Å²) in [7, 11) is 1.46. The maximum absolute atomic E-state index is 12.1. The molecular formula is C21H24N4O5. The van der Waals surface area contributed by atoms with Crippen LogP contribution in [0, 0.1) is 6.92 Å². The fourth-order valence-corrected chi connectivity index (χ4v) is 2.32. The molecule has 3 amide bonds. The first-order valence-corrected chi connectivity index (χ1v) is 9.21. The molecule has 0 atom stereocenters. The number of carbonyl (C=O) groups is 3. The van der Waals surface area contributed by atoms with Gasteiger partial charge < -0.3 is 20.1 Å². The van der Waals surface area contributed by atoms with Crippen molar-refractivity contribution in [1.82, 2.24) is 10.7 Å². The van der Waals surface area contributed by atoms with Gasteiger partial charge in [-0.05, 0) is 49.7 Å². The molecule has 0 aliphatic rings. The predicted octanol–water partition coefficient (Wildman–Crippen LogP) is 1.61. The summed E-state index contributed by atoms with van der Waals surface area (Å²) in [4.78, 5) is 34.9. The van der Waals surface area contributed by atoms with E-state index >= 15 is 0 Å². The molecule has 0 unspecified atom stereocenters. The first-order valence-electron chi connectivity index (χ1n) is 9.21. The van der Waals surface area contributed by atoms with E-state index in [4.69, 9.17) is 9.47 Å². The van der Waals surface area contributed by atoms with Crippen LogP contribution >= 0.6 is 0 Å². The minimum Gasteiger partial charge on any atom is -0.493 e. The lowest BCUT2D eigenvalue weighted by molar-refractivity contribution is -0.139. The monoisotopic (exact) mass is 412 g/mol. The third kappa shape index (κ3) is 6.93. The van der Waals surface area contributed by atoms with Gasteiger partial charge in [-0.25, -0.2) is 5.43 Å². The summed E-state index contributed by atoms with van der Waals surface area (Å²) >= 11 is 0. The number of rotatable bonds is 8. The molecule has 0 saturated heterocycles. The van der Waals surface area contributed by atoms with E-state index in [2.05, 4.69) is 21.2 Å². The summed E-state index contributed by atoms with van der Waals surface area (Å²) in [5.74, 6) is -1.17. The quantitative estimate of drug-likeness (QED) is 0.346. The topological polar surface area (TPSA) is 118 Å². The fourth-order valence-electron chi connectivity index (χ4n) is 2.32. The number of amides is 3. The van der Waals surface area contributed by atoms with Gasteiger partial charge in [-0.15, -0.1) is 0 Å². The van der Waals surface area contributed by atoms with Crippen LogP contribution in [0.15, 0.2) is 47.6 Å². The molecule has 0 radical (unpaired) electrons. The van der Waals surface area contributed by atoms with Crippen LogP contribution in [0.5, 0.6) is 11.5 Å². The highest BCUT2D eigenvalue weighted by Crippen LogP contribution is 2.27. The van der Waals surface area contributed by atoms with Gasteiger partial charge in [-0.3, -0.25) is 14.4 Å². The van der Waals surface area contributed by atoms with Gasteiger partial charge in [0, 0.05) is 12.2 Å². The molecule has 30 heavy (non-hydrogen) atoms. The van der Waals surface area contributed by atoms with Crippen LogP contribution in [0.1, 0.15) is 18.1 Å². The Bertz CT molecular complexity index is 925. The van der Waals surface area contributed by atoms with Crippen LogP contribution in [0.25, 0.3) is 0 Å². The van der Waals surface area contributed by atoms with E-state index in [9.17, 15) is 14.4 Å². The van der Waals surface area contributed by atoms with Crippen LogP contribution in [0.3, 0.4) is 0 Å². The van der Waals surface area contributed by atoms with E-state index < -0.39 is 11.8 Å². The minimum atomic E-state index is -0.861. The lowest BCUT2D eigenvalue weighted by Crippen LogP contribution is -2.37. The number of carbonyl (C=O) groups excluding carboxylic acids is 3. The largest absolute Gasteiger partial charge is 0.493 e. The normalized spacial score (nSPS) is 10.4. The Morgan fingerprint density at radius 1 is 1.03 bits per heavy atom. The number of benzene rings is 2. The summed E-state index contributed by atoms with van der Waals surface area (Å²) in [6.07, 6.45) is 1.35. The number of aryl methyl sites for hydroxylation is 1. The first-order chi connectivity index (χ1) is 14.4. The van der Waals surface area contributed by atoms with Gasteiger partial charge >= 0.3 is 11.8 Å². The van der Waals surface area contributed by atoms with Gasteiger partial charge in [0.15, 0.2) is 18.1 Å². The van der Waals surface area contributed by atoms with Crippen molar-refractivity contribution in [2.45, 2.75) is 13.8 Å². The lowest BCUT2D eigenvalue weighted by Gasteiger charge is -2.11. The maximum Gasteiger partial charge on any atom is 0.329 e. The number of hydrogen-bond donors (Lipinski definition) is 3. The molecule has 0 aromatic heterocycles. The highest BCUT2D eigenvalue weighted by Gasteiger charge is 2.11. The van der Waals surface area contributed by atoms with Crippen molar-refractivity contribution < 1.29 is 23.9 Å². The van der Waals surface area contributed by atoms with Crippen molar-refractivity contribution in [2.24, 2.45) is 5.10 Å². The number of hydrogen-bond acceptors (Lipinski definition) is 6. The molecule has 0 bridgehead atoms. The van der Waals surface area contributed by atoms with Gasteiger partial charge in [0.2, 0.25) is 0 Å². The molecule has 2 rings (SSSR count). The Balaban J connectivity index is 1.92. The van der Waals surface area contributed by atoms with Crippen LogP contribution in [0.2, 0.25) is 0 Å². The summed E-state index contributed by atoms with van der Waals surface area (Å²) in [5.41, 5.74) is 4.51. The second-order valence-corrected chi connectivity index (χ2v) is 6.17. The average Bonchev–Trinajstić information content (AvgIpc) is 2.74. The second-order valence-electron chi connectivity index (χ2n) is 6.17. The lowest BCUT2D eigenvalue weighted by atomic mass is 10.2. The molecule has 9 heteroatoms. The minimum absolute atomic E-state index is 0.194. The Kier molecular flexibility index (Phi) is 8.37. The zero-order valence-electron chi connectivity index (χ0n) is 17.0. The summed E-state index contributed by atoms with van der Waals surface area (Å²) in [6.45, 7) is 3.82. The van der Waals surface area contributed by atoms with Crippen LogP contribution < -0.4 is 25.5 Å². The van der Waals surface area contributed by atoms with Crippen molar-refractivity contribution in [3.05, 3.63) is 53.6 Å². The molecule has 0 aliphatic heterocycles. The molecule has 0 fully saturated rings. The van der Waals surface area contributed by atoms with E-state index in [1.165, 1.54) is 13.3 Å². The number of ether oxygens (including phenoxy) is 2. The molecule has 9 nitrogen and oxygen atoms in total. The van der Waals surface area contributed by atoms with E-state index in [0.29, 0.717) is 29.3 Å². The third-order valence-corrected chi connectivity index (χ3v) is 3.81. The molecule has 0 saturated carbocycles. The predicted molar refractivity (Wildman–Crippen MR) is 113 cm³/mol. The Hall–Kier alpha value is -3.88. The van der Waals surface area contributed by atoms with Crippen molar-refractivity contribution in [3.8, 4) is 11.5 Å². The number of nitrogens with zero attached hydrogens (tertiary/aromatic N) is 1. The van der Waals surface area contributed by atoms with Crippen molar-refractivity contribution in [2.75, 3.05) is 25.6 Å². The van der Waals surface area contributed by atoms with E-state index in [1.807, 2.05) is 31.2 Å². The zero-order valence-corrected chi connectivity index (χ0v) is 17.0. The third-order valence-electron chi connectivity index (χ3n) is 3.81. The van der Waals surface area contributed by atoms with Crippen molar-refractivity contribution >= 4 is 29.6 Å². The fraction of sp³-hybridized carbons (Fsp3) is 0.238. The second kappa shape index (κ2) is 11.2. The number of methoxy groups -OCH3 is 1. The molecule has 3 N–H and O–H groups in total. The summed E-state index contributed by atoms with van der Waals surface area (Å²) in [6, 6.07) is 12.3. The molecule has 158 valence electrons. The van der Waals surface area contributed by atoms with Gasteiger partial charge in [0.1, 0.15) is 0 Å². The summed E-state index contributed by atoms with van der Waals surface area (Å²) in [5, 5.41) is 8.84. The Morgan fingerprint density at radius 3 is 2.43 bits per heavy atom.